The van der Waals surface area contributed by atoms with Gasteiger partial charge in [-0.1, -0.05) is 31.4 Å². The highest BCUT2D eigenvalue weighted by molar-refractivity contribution is 6.30. The second-order valence-corrected chi connectivity index (χ2v) is 6.23. The first-order valence-electron chi connectivity index (χ1n) is 7.30. The van der Waals surface area contributed by atoms with Crippen LogP contribution >= 0.6 is 11.6 Å². The zero-order valence-electron chi connectivity index (χ0n) is 12.2. The zero-order valence-corrected chi connectivity index (χ0v) is 12.9. The van der Waals surface area contributed by atoms with E-state index < -0.39 is 6.10 Å². The lowest BCUT2D eigenvalue weighted by molar-refractivity contribution is 0.0657. The van der Waals surface area contributed by atoms with Crippen molar-refractivity contribution in [3.63, 3.8) is 0 Å². The molecule has 0 spiro atoms. The summed E-state index contributed by atoms with van der Waals surface area (Å²) in [6.07, 6.45) is 3.00. The predicted molar refractivity (Wildman–Crippen MR) is 82.3 cm³/mol. The lowest BCUT2D eigenvalue weighted by atomic mass is 9.81. The lowest BCUT2D eigenvalue weighted by Crippen LogP contribution is -2.34. The van der Waals surface area contributed by atoms with E-state index in [-0.39, 0.29) is 5.92 Å². The van der Waals surface area contributed by atoms with E-state index in [0.29, 0.717) is 23.4 Å². The van der Waals surface area contributed by atoms with Gasteiger partial charge in [-0.25, -0.2) is 0 Å². The average Bonchev–Trinajstić information content (AvgIpc) is 2.86. The van der Waals surface area contributed by atoms with Crippen molar-refractivity contribution in [2.45, 2.75) is 38.2 Å². The number of aliphatic hydroxyl groups is 1. The van der Waals surface area contributed by atoms with Gasteiger partial charge < -0.3 is 15.6 Å². The first-order chi connectivity index (χ1) is 9.58. The summed E-state index contributed by atoms with van der Waals surface area (Å²) < 4.78 is 5.40. The topological polar surface area (TPSA) is 55.5 Å². The van der Waals surface area contributed by atoms with Crippen LogP contribution in [-0.2, 0) is 0 Å². The maximum atomic E-state index is 10.8. The van der Waals surface area contributed by atoms with Gasteiger partial charge in [0.1, 0.15) is 5.75 Å². The molecule has 0 amide bonds. The summed E-state index contributed by atoms with van der Waals surface area (Å²) in [6, 6.07) is 5.49. The molecule has 112 valence electrons. The molecule has 0 heterocycles. The molecule has 1 aromatic rings. The summed E-state index contributed by atoms with van der Waals surface area (Å²) in [6.45, 7) is 2.60. The number of methoxy groups -OCH3 is 1. The van der Waals surface area contributed by atoms with Crippen molar-refractivity contribution < 1.29 is 9.84 Å². The summed E-state index contributed by atoms with van der Waals surface area (Å²) >= 11 is 6.09. The molecule has 4 atom stereocenters. The van der Waals surface area contributed by atoms with Gasteiger partial charge in [0.15, 0.2) is 0 Å². The van der Waals surface area contributed by atoms with E-state index in [4.69, 9.17) is 22.1 Å². The van der Waals surface area contributed by atoms with Crippen molar-refractivity contribution >= 4 is 11.6 Å². The quantitative estimate of drug-likeness (QED) is 0.877. The van der Waals surface area contributed by atoms with E-state index in [1.54, 1.807) is 13.2 Å². The Kier molecular flexibility index (Phi) is 5.30. The van der Waals surface area contributed by atoms with E-state index in [0.717, 1.165) is 17.7 Å². The molecular weight excluding hydrogens is 274 g/mol. The van der Waals surface area contributed by atoms with Crippen LogP contribution in [0.3, 0.4) is 0 Å². The molecule has 0 saturated heterocycles. The fraction of sp³-hybridized carbons (Fsp3) is 0.625. The number of aliphatic hydroxyl groups excluding tert-OH is 1. The Hall–Kier alpha value is -0.770. The van der Waals surface area contributed by atoms with Crippen LogP contribution in [0.1, 0.15) is 37.7 Å². The summed E-state index contributed by atoms with van der Waals surface area (Å²) in [5.41, 5.74) is 6.84. The Morgan fingerprint density at radius 1 is 1.45 bits per heavy atom. The summed E-state index contributed by atoms with van der Waals surface area (Å²) in [5, 5.41) is 11.4. The standard InChI is InChI=1S/C16H24ClNO2/c1-10-4-3-5-12(10)16(19)14(9-18)13-8-11(17)6-7-15(13)20-2/h6-8,10,12,14,16,19H,3-5,9,18H2,1-2H3. The molecule has 0 aromatic heterocycles. The predicted octanol–water partition coefficient (Wildman–Crippen LogP) is 3.19. The number of hydrogen-bond acceptors (Lipinski definition) is 3. The third kappa shape index (κ3) is 3.11. The molecule has 0 radical (unpaired) electrons. The van der Waals surface area contributed by atoms with Gasteiger partial charge in [-0.05, 0) is 36.5 Å². The molecule has 1 saturated carbocycles. The fourth-order valence-corrected chi connectivity index (χ4v) is 3.61. The second-order valence-electron chi connectivity index (χ2n) is 5.79. The number of nitrogens with two attached hydrogens (primary N) is 1. The largest absolute Gasteiger partial charge is 0.496 e. The van der Waals surface area contributed by atoms with Gasteiger partial charge in [-0.2, -0.15) is 0 Å². The van der Waals surface area contributed by atoms with Crippen molar-refractivity contribution in [2.24, 2.45) is 17.6 Å². The minimum atomic E-state index is -0.440. The van der Waals surface area contributed by atoms with Crippen LogP contribution in [0.2, 0.25) is 5.02 Å². The molecule has 3 nitrogen and oxygen atoms in total. The first-order valence-corrected chi connectivity index (χ1v) is 7.67. The molecule has 1 aliphatic rings. The first kappa shape index (κ1) is 15.6. The summed E-state index contributed by atoms with van der Waals surface area (Å²) in [5.74, 6) is 1.47. The number of ether oxygens (including phenoxy) is 1. The lowest BCUT2D eigenvalue weighted by Gasteiger charge is -2.30. The fourth-order valence-electron chi connectivity index (χ4n) is 3.43. The third-order valence-corrected chi connectivity index (χ3v) is 4.86. The molecule has 4 heteroatoms. The Morgan fingerprint density at radius 3 is 2.75 bits per heavy atom. The number of halogens is 1. The molecule has 3 N–H and O–H groups in total. The average molecular weight is 298 g/mol. The second kappa shape index (κ2) is 6.79. The van der Waals surface area contributed by atoms with Crippen LogP contribution in [0, 0.1) is 11.8 Å². The minimum absolute atomic E-state index is 0.130. The Morgan fingerprint density at radius 2 is 2.20 bits per heavy atom. The van der Waals surface area contributed by atoms with Crippen molar-refractivity contribution in [3.05, 3.63) is 28.8 Å². The van der Waals surface area contributed by atoms with Crippen molar-refractivity contribution in [1.82, 2.24) is 0 Å². The summed E-state index contributed by atoms with van der Waals surface area (Å²) in [4.78, 5) is 0. The maximum absolute atomic E-state index is 10.8. The van der Waals surface area contributed by atoms with Crippen molar-refractivity contribution in [1.29, 1.82) is 0 Å². The van der Waals surface area contributed by atoms with E-state index in [1.807, 2.05) is 12.1 Å². The third-order valence-electron chi connectivity index (χ3n) is 4.62. The monoisotopic (exact) mass is 297 g/mol. The number of benzene rings is 1. The molecule has 2 rings (SSSR count). The van der Waals surface area contributed by atoms with Crippen LogP contribution < -0.4 is 10.5 Å². The molecule has 0 bridgehead atoms. The number of rotatable bonds is 5. The van der Waals surface area contributed by atoms with Crippen LogP contribution in [0.5, 0.6) is 5.75 Å². The maximum Gasteiger partial charge on any atom is 0.122 e. The van der Waals surface area contributed by atoms with Crippen LogP contribution in [0.4, 0.5) is 0 Å². The van der Waals surface area contributed by atoms with Gasteiger partial charge >= 0.3 is 0 Å². The highest BCUT2D eigenvalue weighted by atomic mass is 35.5. The van der Waals surface area contributed by atoms with Gasteiger partial charge in [-0.15, -0.1) is 0 Å². The Labute approximate surface area is 126 Å². The highest BCUT2D eigenvalue weighted by Gasteiger charge is 2.35. The van der Waals surface area contributed by atoms with Gasteiger partial charge in [0.05, 0.1) is 13.2 Å². The van der Waals surface area contributed by atoms with Gasteiger partial charge in [-0.3, -0.25) is 0 Å². The molecule has 1 aromatic carbocycles. The van der Waals surface area contributed by atoms with Crippen LogP contribution in [-0.4, -0.2) is 24.9 Å². The van der Waals surface area contributed by atoms with Gasteiger partial charge in [0, 0.05) is 23.0 Å². The number of hydrogen-bond donors (Lipinski definition) is 2. The van der Waals surface area contributed by atoms with Gasteiger partial charge in [0.25, 0.3) is 0 Å². The van der Waals surface area contributed by atoms with Crippen molar-refractivity contribution in [2.75, 3.05) is 13.7 Å². The van der Waals surface area contributed by atoms with E-state index in [1.165, 1.54) is 12.8 Å². The molecular formula is C16H24ClNO2. The zero-order chi connectivity index (χ0) is 14.7. The van der Waals surface area contributed by atoms with Crippen LogP contribution in [0.25, 0.3) is 0 Å². The SMILES string of the molecule is COc1ccc(Cl)cc1C(CN)C(O)C1CCCC1C. The van der Waals surface area contributed by atoms with Crippen LogP contribution in [0.15, 0.2) is 18.2 Å². The molecule has 1 aliphatic carbocycles. The normalized spacial score (nSPS) is 25.4. The Balaban J connectivity index is 2.29. The van der Waals surface area contributed by atoms with Crippen molar-refractivity contribution in [3.8, 4) is 5.75 Å². The van der Waals surface area contributed by atoms with E-state index >= 15 is 0 Å². The Bertz CT molecular complexity index is 452. The molecule has 20 heavy (non-hydrogen) atoms. The minimum Gasteiger partial charge on any atom is -0.496 e. The smallest absolute Gasteiger partial charge is 0.122 e. The molecule has 0 aliphatic heterocycles. The molecule has 4 unspecified atom stereocenters. The van der Waals surface area contributed by atoms with E-state index in [2.05, 4.69) is 6.92 Å². The van der Waals surface area contributed by atoms with Gasteiger partial charge in [0.2, 0.25) is 0 Å². The summed E-state index contributed by atoms with van der Waals surface area (Å²) in [7, 11) is 1.63. The highest BCUT2D eigenvalue weighted by Crippen LogP contribution is 2.40. The molecule has 1 fully saturated rings. The van der Waals surface area contributed by atoms with E-state index in [9.17, 15) is 5.11 Å².